The molecule has 0 saturated carbocycles. The van der Waals surface area contributed by atoms with Crippen LogP contribution in [0.2, 0.25) is 0 Å². The Labute approximate surface area is 73.2 Å². The van der Waals surface area contributed by atoms with Crippen LogP contribution in [0.15, 0.2) is 24.3 Å². The van der Waals surface area contributed by atoms with Gasteiger partial charge in [-0.25, -0.2) is 0 Å². The van der Waals surface area contributed by atoms with Crippen molar-refractivity contribution in [3.8, 4) is 0 Å². The topological polar surface area (TPSA) is 0 Å². The molecule has 0 fully saturated rings. The molecule has 1 atom stereocenters. The molecule has 0 spiro atoms. The molecule has 0 nitrogen and oxygen atoms in total. The fraction of sp³-hybridized carbons (Fsp3) is 0.300. The highest BCUT2D eigenvalue weighted by atomic mass is 35.5. The molecule has 0 amide bonds. The number of halogens is 1. The molecule has 0 aromatic heterocycles. The lowest BCUT2D eigenvalue weighted by molar-refractivity contribution is 0.963. The highest BCUT2D eigenvalue weighted by Gasteiger charge is 1.97. The first kappa shape index (κ1) is 8.61. The van der Waals surface area contributed by atoms with Crippen LogP contribution in [-0.4, -0.2) is 0 Å². The lowest BCUT2D eigenvalue weighted by Gasteiger charge is -2.04. The van der Waals surface area contributed by atoms with Crippen molar-refractivity contribution in [3.63, 3.8) is 0 Å². The fourth-order valence-electron chi connectivity index (χ4n) is 0.935. The Kier molecular flexibility index (Phi) is 2.95. The maximum absolute atomic E-state index is 5.64. The minimum absolute atomic E-state index is 0.361. The van der Waals surface area contributed by atoms with E-state index in [1.807, 2.05) is 12.1 Å². The van der Waals surface area contributed by atoms with Gasteiger partial charge in [0.05, 0.1) is 0 Å². The normalized spacial score (nSPS) is 10.5. The summed E-state index contributed by atoms with van der Waals surface area (Å²) >= 11 is 5.64. The Morgan fingerprint density at radius 3 is 2.27 bits per heavy atom. The Morgan fingerprint density at radius 1 is 1.36 bits per heavy atom. The Bertz CT molecular complexity index is 211. The van der Waals surface area contributed by atoms with Gasteiger partial charge in [0, 0.05) is 5.88 Å². The summed E-state index contributed by atoms with van der Waals surface area (Å²) in [6.07, 6.45) is 0. The van der Waals surface area contributed by atoms with Gasteiger partial charge in [-0.2, -0.15) is 0 Å². The van der Waals surface area contributed by atoms with Crippen LogP contribution in [0.1, 0.15) is 24.0 Å². The first-order valence-corrected chi connectivity index (χ1v) is 4.25. The Hall–Kier alpha value is -0.490. The summed E-state index contributed by atoms with van der Waals surface area (Å²) in [7, 11) is 0. The van der Waals surface area contributed by atoms with Crippen molar-refractivity contribution in [1.82, 2.24) is 0 Å². The average molecular weight is 168 g/mol. The smallest absolute Gasteiger partial charge is 0.0474 e. The maximum Gasteiger partial charge on any atom is 0.0474 e. The highest BCUT2D eigenvalue weighted by molar-refractivity contribution is 6.17. The molecule has 0 heterocycles. The highest BCUT2D eigenvalue weighted by Crippen LogP contribution is 2.14. The van der Waals surface area contributed by atoms with Crippen LogP contribution in [0.4, 0.5) is 0 Å². The van der Waals surface area contributed by atoms with Gasteiger partial charge in [0.25, 0.3) is 0 Å². The van der Waals surface area contributed by atoms with Crippen molar-refractivity contribution in [2.24, 2.45) is 0 Å². The van der Waals surface area contributed by atoms with Crippen molar-refractivity contribution < 1.29 is 0 Å². The van der Waals surface area contributed by atoms with Gasteiger partial charge in [-0.15, -0.1) is 11.6 Å². The van der Waals surface area contributed by atoms with Crippen molar-refractivity contribution >= 4 is 11.6 Å². The zero-order valence-electron chi connectivity index (χ0n) is 6.68. The Balaban J connectivity index is 2.83. The quantitative estimate of drug-likeness (QED) is 0.593. The first-order valence-electron chi connectivity index (χ1n) is 3.72. The summed E-state index contributed by atoms with van der Waals surface area (Å²) in [5, 5.41) is 0. The van der Waals surface area contributed by atoms with E-state index >= 15 is 0 Å². The van der Waals surface area contributed by atoms with Crippen LogP contribution in [0, 0.1) is 6.92 Å². The second-order valence-electron chi connectivity index (χ2n) is 2.78. The summed E-state index contributed by atoms with van der Waals surface area (Å²) < 4.78 is 0. The van der Waals surface area contributed by atoms with Crippen molar-refractivity contribution in [2.75, 3.05) is 0 Å². The third-order valence-corrected chi connectivity index (χ3v) is 2.01. The van der Waals surface area contributed by atoms with Gasteiger partial charge in [0.2, 0.25) is 0 Å². The van der Waals surface area contributed by atoms with Gasteiger partial charge in [0.15, 0.2) is 0 Å². The molecular weight excluding hydrogens is 156 g/mol. The van der Waals surface area contributed by atoms with E-state index in [0.29, 0.717) is 11.8 Å². The lowest BCUT2D eigenvalue weighted by atomic mass is 10.0. The van der Waals surface area contributed by atoms with Crippen LogP contribution < -0.4 is 0 Å². The average Bonchev–Trinajstić information content (AvgIpc) is 2.05. The predicted octanol–water partition coefficient (Wildman–Crippen LogP) is 3.36. The van der Waals surface area contributed by atoms with Gasteiger partial charge in [0.1, 0.15) is 0 Å². The van der Waals surface area contributed by atoms with E-state index in [1.165, 1.54) is 5.56 Å². The summed E-state index contributed by atoms with van der Waals surface area (Å²) in [4.78, 5) is 0. The SMILES string of the molecule is [CH2]C(C)c1ccc(CCl)cc1. The molecule has 0 aliphatic carbocycles. The number of rotatable bonds is 2. The number of alkyl halides is 1. The summed E-state index contributed by atoms with van der Waals surface area (Å²) in [6, 6.07) is 8.25. The van der Waals surface area contributed by atoms with Gasteiger partial charge in [-0.1, -0.05) is 31.2 Å². The van der Waals surface area contributed by atoms with Crippen molar-refractivity contribution in [2.45, 2.75) is 18.7 Å². The molecule has 0 bridgehead atoms. The third-order valence-electron chi connectivity index (χ3n) is 1.70. The number of benzene rings is 1. The second-order valence-corrected chi connectivity index (χ2v) is 3.04. The predicted molar refractivity (Wildman–Crippen MR) is 49.8 cm³/mol. The monoisotopic (exact) mass is 167 g/mol. The zero-order valence-corrected chi connectivity index (χ0v) is 7.43. The van der Waals surface area contributed by atoms with Gasteiger partial charge in [-0.05, 0) is 24.0 Å². The molecular formula is C10H12Cl. The number of hydrogen-bond acceptors (Lipinski definition) is 0. The van der Waals surface area contributed by atoms with E-state index in [9.17, 15) is 0 Å². The summed E-state index contributed by atoms with van der Waals surface area (Å²) in [5.41, 5.74) is 2.43. The molecule has 1 unspecified atom stereocenters. The molecule has 0 saturated heterocycles. The largest absolute Gasteiger partial charge is 0.122 e. The minimum Gasteiger partial charge on any atom is -0.122 e. The second kappa shape index (κ2) is 3.77. The van der Waals surface area contributed by atoms with Crippen LogP contribution in [0.5, 0.6) is 0 Å². The van der Waals surface area contributed by atoms with E-state index in [0.717, 1.165) is 5.56 Å². The molecule has 0 aliphatic heterocycles. The van der Waals surface area contributed by atoms with Crippen LogP contribution in [-0.2, 0) is 5.88 Å². The molecule has 11 heavy (non-hydrogen) atoms. The zero-order chi connectivity index (χ0) is 8.27. The van der Waals surface area contributed by atoms with Gasteiger partial charge in [-0.3, -0.25) is 0 Å². The molecule has 0 aliphatic rings. The summed E-state index contributed by atoms with van der Waals surface area (Å²) in [6.45, 7) is 6.01. The van der Waals surface area contributed by atoms with E-state index in [1.54, 1.807) is 0 Å². The van der Waals surface area contributed by atoms with E-state index in [-0.39, 0.29) is 0 Å². The van der Waals surface area contributed by atoms with Crippen LogP contribution in [0.3, 0.4) is 0 Å². The van der Waals surface area contributed by atoms with Crippen molar-refractivity contribution in [1.29, 1.82) is 0 Å². The minimum atomic E-state index is 0.361. The molecule has 1 radical (unpaired) electrons. The molecule has 1 rings (SSSR count). The van der Waals surface area contributed by atoms with E-state index in [4.69, 9.17) is 11.6 Å². The molecule has 1 aromatic rings. The standard InChI is InChI=1S/C10H12Cl/c1-8(2)10-5-3-9(7-11)4-6-10/h3-6,8H,1,7H2,2H3. The molecule has 59 valence electrons. The maximum atomic E-state index is 5.64. The first-order chi connectivity index (χ1) is 5.24. The molecule has 0 N–H and O–H groups in total. The van der Waals surface area contributed by atoms with Crippen molar-refractivity contribution in [3.05, 3.63) is 42.3 Å². The molecule has 1 aromatic carbocycles. The van der Waals surface area contributed by atoms with Crippen LogP contribution >= 0.6 is 11.6 Å². The van der Waals surface area contributed by atoms with Gasteiger partial charge >= 0.3 is 0 Å². The fourth-order valence-corrected chi connectivity index (χ4v) is 1.11. The van der Waals surface area contributed by atoms with Gasteiger partial charge < -0.3 is 0 Å². The van der Waals surface area contributed by atoms with Crippen LogP contribution in [0.25, 0.3) is 0 Å². The lowest BCUT2D eigenvalue weighted by Crippen LogP contribution is -1.87. The third kappa shape index (κ3) is 2.23. The summed E-state index contributed by atoms with van der Waals surface area (Å²) in [5.74, 6) is 0.950. The Morgan fingerprint density at radius 2 is 1.91 bits per heavy atom. The van der Waals surface area contributed by atoms with E-state index < -0.39 is 0 Å². The molecule has 1 heteroatoms. The van der Waals surface area contributed by atoms with E-state index in [2.05, 4.69) is 26.0 Å². The number of hydrogen-bond donors (Lipinski definition) is 0.